The molecule has 19 heavy (non-hydrogen) atoms. The van der Waals surface area contributed by atoms with Crippen LogP contribution in [0.1, 0.15) is 18.5 Å². The average Bonchev–Trinajstić information content (AvgIpc) is 2.61. The molecule has 0 spiro atoms. The molecular weight excluding hydrogens is 257 g/mol. The molecule has 104 valence electrons. The minimum absolute atomic E-state index is 0.181. The molecule has 3 rings (SSSR count). The van der Waals surface area contributed by atoms with Gasteiger partial charge in [0.05, 0.1) is 0 Å². The van der Waals surface area contributed by atoms with Gasteiger partial charge in [0.15, 0.2) is 0 Å². The molecule has 1 aliphatic carbocycles. The van der Waals surface area contributed by atoms with E-state index in [1.807, 2.05) is 4.90 Å². The van der Waals surface area contributed by atoms with Crippen molar-refractivity contribution in [3.8, 4) is 0 Å². The van der Waals surface area contributed by atoms with Crippen LogP contribution in [-0.4, -0.2) is 29.1 Å². The van der Waals surface area contributed by atoms with E-state index < -0.39 is 11.9 Å². The van der Waals surface area contributed by atoms with Crippen LogP contribution in [0.5, 0.6) is 0 Å². The highest BCUT2D eigenvalue weighted by Gasteiger charge is 2.41. The molecule has 2 aliphatic rings. The van der Waals surface area contributed by atoms with E-state index in [0.717, 1.165) is 25.2 Å². The fourth-order valence-corrected chi connectivity index (χ4v) is 3.13. The largest absolute Gasteiger partial charge is 0.433 e. The quantitative estimate of drug-likeness (QED) is 0.845. The standard InChI is InChI=1S/C12H15F3N4/c13-12(14,15)9-3-10(18-6-17-9)19-4-7-1-2-8(5-19)11(7)16/h3,6-8,11H,1-2,4-5,16H2/t7-,8?,11-/m0/s1. The summed E-state index contributed by atoms with van der Waals surface area (Å²) in [7, 11) is 0. The summed E-state index contributed by atoms with van der Waals surface area (Å²) < 4.78 is 37.9. The molecule has 3 atom stereocenters. The third-order valence-electron chi connectivity index (χ3n) is 4.17. The summed E-state index contributed by atoms with van der Waals surface area (Å²) >= 11 is 0. The summed E-state index contributed by atoms with van der Waals surface area (Å²) in [4.78, 5) is 9.16. The summed E-state index contributed by atoms with van der Waals surface area (Å²) in [6, 6.07) is 1.20. The van der Waals surface area contributed by atoms with E-state index in [2.05, 4.69) is 9.97 Å². The van der Waals surface area contributed by atoms with Crippen molar-refractivity contribution in [1.29, 1.82) is 0 Å². The molecule has 0 aromatic carbocycles. The lowest BCUT2D eigenvalue weighted by Crippen LogP contribution is -2.49. The molecule has 7 heteroatoms. The molecular formula is C12H15F3N4. The first kappa shape index (κ1) is 12.7. The van der Waals surface area contributed by atoms with E-state index in [9.17, 15) is 13.2 Å². The lowest BCUT2D eigenvalue weighted by Gasteiger charge is -2.36. The molecule has 2 N–H and O–H groups in total. The van der Waals surface area contributed by atoms with Gasteiger partial charge in [0.2, 0.25) is 0 Å². The van der Waals surface area contributed by atoms with Crippen LogP contribution in [0.3, 0.4) is 0 Å². The maximum Gasteiger partial charge on any atom is 0.433 e. The number of hydrogen-bond donors (Lipinski definition) is 1. The number of fused-ring (bicyclic) bond motifs is 2. The van der Waals surface area contributed by atoms with Gasteiger partial charge in [0, 0.05) is 25.2 Å². The second kappa shape index (κ2) is 4.33. The van der Waals surface area contributed by atoms with Crippen LogP contribution in [-0.2, 0) is 6.18 Å². The fraction of sp³-hybridized carbons (Fsp3) is 0.667. The van der Waals surface area contributed by atoms with E-state index in [4.69, 9.17) is 5.73 Å². The van der Waals surface area contributed by atoms with Crippen LogP contribution in [0.25, 0.3) is 0 Å². The smallest absolute Gasteiger partial charge is 0.356 e. The highest BCUT2D eigenvalue weighted by Crippen LogP contribution is 2.37. The van der Waals surface area contributed by atoms with Gasteiger partial charge in [0.1, 0.15) is 17.8 Å². The van der Waals surface area contributed by atoms with Crippen LogP contribution < -0.4 is 10.6 Å². The second-order valence-corrected chi connectivity index (χ2v) is 5.34. The third-order valence-corrected chi connectivity index (χ3v) is 4.17. The molecule has 2 heterocycles. The number of aromatic nitrogens is 2. The Kier molecular flexibility index (Phi) is 2.88. The van der Waals surface area contributed by atoms with Crippen molar-refractivity contribution < 1.29 is 13.2 Å². The van der Waals surface area contributed by atoms with Crippen molar-refractivity contribution in [2.24, 2.45) is 17.6 Å². The zero-order valence-electron chi connectivity index (χ0n) is 10.3. The predicted octanol–water partition coefficient (Wildman–Crippen LogP) is 1.67. The summed E-state index contributed by atoms with van der Waals surface area (Å²) in [5, 5.41) is 0. The first-order valence-electron chi connectivity index (χ1n) is 6.35. The molecule has 1 unspecified atom stereocenters. The van der Waals surface area contributed by atoms with E-state index in [1.165, 1.54) is 0 Å². The molecule has 1 aromatic heterocycles. The Morgan fingerprint density at radius 3 is 2.37 bits per heavy atom. The number of alkyl halides is 3. The van der Waals surface area contributed by atoms with Crippen molar-refractivity contribution in [3.05, 3.63) is 18.1 Å². The topological polar surface area (TPSA) is 55.0 Å². The maximum atomic E-state index is 12.6. The number of piperidine rings is 1. The van der Waals surface area contributed by atoms with Crippen molar-refractivity contribution >= 4 is 5.82 Å². The highest BCUT2D eigenvalue weighted by atomic mass is 19.4. The molecule has 1 saturated carbocycles. The maximum absolute atomic E-state index is 12.6. The Bertz CT molecular complexity index is 462. The number of hydrogen-bond acceptors (Lipinski definition) is 4. The number of halogens is 3. The van der Waals surface area contributed by atoms with Gasteiger partial charge in [0.25, 0.3) is 0 Å². The Morgan fingerprint density at radius 1 is 1.16 bits per heavy atom. The van der Waals surface area contributed by atoms with E-state index >= 15 is 0 Å². The second-order valence-electron chi connectivity index (χ2n) is 5.34. The molecule has 1 saturated heterocycles. The molecule has 1 aliphatic heterocycles. The van der Waals surface area contributed by atoms with Crippen molar-refractivity contribution in [1.82, 2.24) is 9.97 Å². The summed E-state index contributed by atoms with van der Waals surface area (Å²) in [6.45, 7) is 1.37. The molecule has 2 fully saturated rings. The van der Waals surface area contributed by atoms with Crippen LogP contribution >= 0.6 is 0 Å². The van der Waals surface area contributed by atoms with Gasteiger partial charge < -0.3 is 10.6 Å². The molecule has 0 amide bonds. The van der Waals surface area contributed by atoms with E-state index in [0.29, 0.717) is 30.7 Å². The lowest BCUT2D eigenvalue weighted by molar-refractivity contribution is -0.141. The van der Waals surface area contributed by atoms with Crippen molar-refractivity contribution in [2.45, 2.75) is 25.1 Å². The first-order valence-corrected chi connectivity index (χ1v) is 6.35. The number of rotatable bonds is 1. The number of nitrogens with two attached hydrogens (primary N) is 1. The SMILES string of the molecule is N[C@@H]1C2CC[C@H]1CN(c1cc(C(F)(F)F)ncn1)C2. The van der Waals surface area contributed by atoms with Gasteiger partial charge >= 0.3 is 6.18 Å². The van der Waals surface area contributed by atoms with Gasteiger partial charge in [-0.15, -0.1) is 0 Å². The van der Waals surface area contributed by atoms with Crippen LogP contribution in [0, 0.1) is 11.8 Å². The average molecular weight is 272 g/mol. The van der Waals surface area contributed by atoms with Gasteiger partial charge in [-0.1, -0.05) is 0 Å². The van der Waals surface area contributed by atoms with Crippen LogP contribution in [0.4, 0.5) is 19.0 Å². The van der Waals surface area contributed by atoms with Crippen LogP contribution in [0.2, 0.25) is 0 Å². The van der Waals surface area contributed by atoms with E-state index in [1.54, 1.807) is 0 Å². The molecule has 4 nitrogen and oxygen atoms in total. The summed E-state index contributed by atoms with van der Waals surface area (Å²) in [5.74, 6) is 1.08. The Balaban J connectivity index is 1.84. The predicted molar refractivity (Wildman–Crippen MR) is 63.4 cm³/mol. The third kappa shape index (κ3) is 2.27. The van der Waals surface area contributed by atoms with E-state index in [-0.39, 0.29) is 6.04 Å². The number of anilines is 1. The lowest BCUT2D eigenvalue weighted by atomic mass is 9.93. The molecule has 2 bridgehead atoms. The monoisotopic (exact) mass is 272 g/mol. The normalized spacial score (nSPS) is 30.7. The van der Waals surface area contributed by atoms with Crippen molar-refractivity contribution in [3.63, 3.8) is 0 Å². The number of nitrogens with zero attached hydrogens (tertiary/aromatic N) is 3. The first-order chi connectivity index (χ1) is 8.95. The zero-order valence-corrected chi connectivity index (χ0v) is 10.3. The highest BCUT2D eigenvalue weighted by molar-refractivity contribution is 5.41. The zero-order chi connectivity index (χ0) is 13.6. The summed E-state index contributed by atoms with van der Waals surface area (Å²) in [5.41, 5.74) is 5.20. The van der Waals surface area contributed by atoms with Gasteiger partial charge in [-0.25, -0.2) is 9.97 Å². The Hall–Kier alpha value is -1.37. The Morgan fingerprint density at radius 2 is 1.79 bits per heavy atom. The molecule has 0 radical (unpaired) electrons. The van der Waals surface area contributed by atoms with Gasteiger partial charge in [-0.05, 0) is 24.7 Å². The fourth-order valence-electron chi connectivity index (χ4n) is 3.13. The van der Waals surface area contributed by atoms with Crippen molar-refractivity contribution in [2.75, 3.05) is 18.0 Å². The summed E-state index contributed by atoms with van der Waals surface area (Å²) in [6.07, 6.45) is -1.34. The minimum Gasteiger partial charge on any atom is -0.356 e. The Labute approximate surface area is 108 Å². The molecule has 1 aromatic rings. The minimum atomic E-state index is -4.43. The van der Waals surface area contributed by atoms with Gasteiger partial charge in [-0.3, -0.25) is 0 Å². The van der Waals surface area contributed by atoms with Crippen LogP contribution in [0.15, 0.2) is 12.4 Å². The van der Waals surface area contributed by atoms with Gasteiger partial charge in [-0.2, -0.15) is 13.2 Å².